The third kappa shape index (κ3) is 4.16. The van der Waals surface area contributed by atoms with Crippen molar-refractivity contribution in [2.45, 2.75) is 13.3 Å². The van der Waals surface area contributed by atoms with E-state index in [2.05, 4.69) is 10.6 Å². The number of carbonyl (C=O) groups is 2. The van der Waals surface area contributed by atoms with Crippen LogP contribution in [0.25, 0.3) is 0 Å². The van der Waals surface area contributed by atoms with Gasteiger partial charge in [-0.2, -0.15) is 0 Å². The first kappa shape index (κ1) is 17.4. The van der Waals surface area contributed by atoms with Gasteiger partial charge in [-0.15, -0.1) is 0 Å². The quantitative estimate of drug-likeness (QED) is 0.701. The molecular weight excluding hydrogens is 324 g/mol. The summed E-state index contributed by atoms with van der Waals surface area (Å²) in [6.07, 6.45) is 0.842. The third-order valence-electron chi connectivity index (χ3n) is 4.09. The highest BCUT2D eigenvalue weighted by molar-refractivity contribution is 6.07. The van der Waals surface area contributed by atoms with Crippen LogP contribution in [-0.2, 0) is 6.42 Å². The second kappa shape index (κ2) is 8.12. The average molecular weight is 344 g/mol. The van der Waals surface area contributed by atoms with Crippen LogP contribution in [0.4, 0.5) is 11.4 Å². The Balaban J connectivity index is 1.69. The van der Waals surface area contributed by atoms with Crippen molar-refractivity contribution in [2.75, 3.05) is 10.6 Å². The highest BCUT2D eigenvalue weighted by Crippen LogP contribution is 2.17. The Labute approximate surface area is 152 Å². The Hall–Kier alpha value is -3.40. The summed E-state index contributed by atoms with van der Waals surface area (Å²) in [5.74, 6) is -0.402. The van der Waals surface area contributed by atoms with Crippen molar-refractivity contribution >= 4 is 23.2 Å². The van der Waals surface area contributed by atoms with E-state index in [1.807, 2.05) is 61.5 Å². The van der Waals surface area contributed by atoms with Gasteiger partial charge in [0.25, 0.3) is 11.8 Å². The van der Waals surface area contributed by atoms with Crippen molar-refractivity contribution in [3.8, 4) is 0 Å². The van der Waals surface area contributed by atoms with Crippen LogP contribution in [0.1, 0.15) is 33.2 Å². The number of rotatable bonds is 5. The van der Waals surface area contributed by atoms with Crippen molar-refractivity contribution in [1.82, 2.24) is 0 Å². The lowest BCUT2D eigenvalue weighted by Gasteiger charge is -2.10. The molecule has 0 atom stereocenters. The predicted molar refractivity (Wildman–Crippen MR) is 105 cm³/mol. The van der Waals surface area contributed by atoms with Gasteiger partial charge in [-0.1, -0.05) is 43.3 Å². The van der Waals surface area contributed by atoms with Crippen LogP contribution in [0.5, 0.6) is 0 Å². The molecule has 0 spiro atoms. The molecular formula is C22H20N2O2. The van der Waals surface area contributed by atoms with E-state index in [9.17, 15) is 9.59 Å². The van der Waals surface area contributed by atoms with Gasteiger partial charge in [0.1, 0.15) is 0 Å². The van der Waals surface area contributed by atoms with Gasteiger partial charge in [0.15, 0.2) is 0 Å². The number of hydrogen-bond acceptors (Lipinski definition) is 2. The number of para-hydroxylation sites is 2. The molecule has 2 N–H and O–H groups in total. The van der Waals surface area contributed by atoms with Crippen LogP contribution in [-0.4, -0.2) is 11.8 Å². The number of aryl methyl sites for hydroxylation is 1. The highest BCUT2D eigenvalue weighted by atomic mass is 16.2. The van der Waals surface area contributed by atoms with Gasteiger partial charge in [0, 0.05) is 22.5 Å². The Bertz CT molecular complexity index is 903. The Morgan fingerprint density at radius 3 is 1.85 bits per heavy atom. The largest absolute Gasteiger partial charge is 0.322 e. The Morgan fingerprint density at radius 2 is 1.23 bits per heavy atom. The number of benzene rings is 3. The molecule has 4 nitrogen and oxygen atoms in total. The first-order chi connectivity index (χ1) is 12.7. The number of hydrogen-bond donors (Lipinski definition) is 2. The van der Waals surface area contributed by atoms with Crippen LogP contribution in [0, 0.1) is 0 Å². The molecule has 3 rings (SSSR count). The molecule has 26 heavy (non-hydrogen) atoms. The topological polar surface area (TPSA) is 58.2 Å². The normalized spacial score (nSPS) is 10.2. The summed E-state index contributed by atoms with van der Waals surface area (Å²) in [4.78, 5) is 24.7. The highest BCUT2D eigenvalue weighted by Gasteiger charge is 2.10. The van der Waals surface area contributed by atoms with Gasteiger partial charge in [-0.25, -0.2) is 0 Å². The van der Waals surface area contributed by atoms with Crippen LogP contribution >= 0.6 is 0 Å². The third-order valence-corrected chi connectivity index (χ3v) is 4.09. The maximum Gasteiger partial charge on any atom is 0.255 e. The SMILES string of the molecule is CCc1ccccc1NC(=O)c1ccc(C(=O)Nc2ccccc2)cc1. The molecule has 0 aliphatic heterocycles. The van der Waals surface area contributed by atoms with Crippen LogP contribution < -0.4 is 10.6 Å². The number of amides is 2. The van der Waals surface area contributed by atoms with Crippen LogP contribution in [0.15, 0.2) is 78.9 Å². The van der Waals surface area contributed by atoms with Crippen molar-refractivity contribution in [3.63, 3.8) is 0 Å². The van der Waals surface area contributed by atoms with E-state index in [0.717, 1.165) is 23.4 Å². The first-order valence-electron chi connectivity index (χ1n) is 8.53. The van der Waals surface area contributed by atoms with Gasteiger partial charge >= 0.3 is 0 Å². The molecule has 0 saturated heterocycles. The lowest BCUT2D eigenvalue weighted by Crippen LogP contribution is -2.15. The van der Waals surface area contributed by atoms with Crippen molar-refractivity contribution in [3.05, 3.63) is 95.6 Å². The van der Waals surface area contributed by atoms with E-state index in [1.165, 1.54) is 0 Å². The maximum absolute atomic E-state index is 12.4. The predicted octanol–water partition coefficient (Wildman–Crippen LogP) is 4.75. The standard InChI is InChI=1S/C22H20N2O2/c1-2-16-8-6-7-11-20(16)24-22(26)18-14-12-17(13-15-18)21(25)23-19-9-4-3-5-10-19/h3-15H,2H2,1H3,(H,23,25)(H,24,26). The van der Waals surface area contributed by atoms with E-state index in [-0.39, 0.29) is 11.8 Å². The minimum Gasteiger partial charge on any atom is -0.322 e. The van der Waals surface area contributed by atoms with Crippen molar-refractivity contribution < 1.29 is 9.59 Å². The summed E-state index contributed by atoms with van der Waals surface area (Å²) in [7, 11) is 0. The molecule has 0 aromatic heterocycles. The Morgan fingerprint density at radius 1 is 0.692 bits per heavy atom. The maximum atomic E-state index is 12.4. The second-order valence-electron chi connectivity index (χ2n) is 5.86. The molecule has 0 bridgehead atoms. The van der Waals surface area contributed by atoms with E-state index < -0.39 is 0 Å². The molecule has 0 radical (unpaired) electrons. The van der Waals surface area contributed by atoms with E-state index in [0.29, 0.717) is 11.1 Å². The van der Waals surface area contributed by atoms with Crippen LogP contribution in [0.2, 0.25) is 0 Å². The van der Waals surface area contributed by atoms with E-state index in [1.54, 1.807) is 24.3 Å². The number of carbonyl (C=O) groups excluding carboxylic acids is 2. The summed E-state index contributed by atoms with van der Waals surface area (Å²) in [6, 6.07) is 23.6. The second-order valence-corrected chi connectivity index (χ2v) is 5.86. The number of anilines is 2. The fourth-order valence-electron chi connectivity index (χ4n) is 2.64. The molecule has 3 aromatic rings. The van der Waals surface area contributed by atoms with Gasteiger partial charge < -0.3 is 10.6 Å². The minimum atomic E-state index is -0.209. The zero-order valence-electron chi connectivity index (χ0n) is 14.5. The fraction of sp³-hybridized carbons (Fsp3) is 0.0909. The lowest BCUT2D eigenvalue weighted by atomic mass is 10.1. The molecule has 0 fully saturated rings. The molecule has 3 aromatic carbocycles. The molecule has 0 aliphatic rings. The van der Waals surface area contributed by atoms with Gasteiger partial charge in [0.2, 0.25) is 0 Å². The molecule has 0 heterocycles. The van der Waals surface area contributed by atoms with Crippen LogP contribution in [0.3, 0.4) is 0 Å². The summed E-state index contributed by atoms with van der Waals surface area (Å²) in [6.45, 7) is 2.05. The van der Waals surface area contributed by atoms with E-state index >= 15 is 0 Å². The van der Waals surface area contributed by atoms with Crippen molar-refractivity contribution in [2.24, 2.45) is 0 Å². The van der Waals surface area contributed by atoms with E-state index in [4.69, 9.17) is 0 Å². The minimum absolute atomic E-state index is 0.194. The average Bonchev–Trinajstić information content (AvgIpc) is 2.69. The molecule has 0 saturated carbocycles. The number of nitrogens with one attached hydrogen (secondary N) is 2. The monoisotopic (exact) mass is 344 g/mol. The summed E-state index contributed by atoms with van der Waals surface area (Å²) in [5, 5.41) is 5.75. The first-order valence-corrected chi connectivity index (χ1v) is 8.53. The fourth-order valence-corrected chi connectivity index (χ4v) is 2.64. The molecule has 4 heteroatoms. The van der Waals surface area contributed by atoms with Gasteiger partial charge in [-0.3, -0.25) is 9.59 Å². The zero-order chi connectivity index (χ0) is 18.4. The molecule has 0 unspecified atom stereocenters. The summed E-state index contributed by atoms with van der Waals surface area (Å²) >= 11 is 0. The molecule has 130 valence electrons. The van der Waals surface area contributed by atoms with Gasteiger partial charge in [-0.05, 0) is 54.4 Å². The summed E-state index contributed by atoms with van der Waals surface area (Å²) in [5.41, 5.74) is 3.63. The molecule has 0 aliphatic carbocycles. The molecule has 2 amide bonds. The van der Waals surface area contributed by atoms with Gasteiger partial charge in [0.05, 0.1) is 0 Å². The van der Waals surface area contributed by atoms with Crippen molar-refractivity contribution in [1.29, 1.82) is 0 Å². The Kier molecular flexibility index (Phi) is 5.44. The zero-order valence-corrected chi connectivity index (χ0v) is 14.5. The summed E-state index contributed by atoms with van der Waals surface area (Å²) < 4.78 is 0. The smallest absolute Gasteiger partial charge is 0.255 e. The lowest BCUT2D eigenvalue weighted by molar-refractivity contribution is 0.101.